The van der Waals surface area contributed by atoms with Crippen molar-refractivity contribution < 1.29 is 19.0 Å². The molecule has 2 unspecified atom stereocenters. The number of carbonyl (C=O) groups excluding carboxylic acids is 1. The van der Waals surface area contributed by atoms with Gasteiger partial charge < -0.3 is 14.2 Å². The molecular weight excluding hydrogens is 196 g/mol. The van der Waals surface area contributed by atoms with Crippen molar-refractivity contribution in [2.24, 2.45) is 0 Å². The lowest BCUT2D eigenvalue weighted by molar-refractivity contribution is -0.270. The summed E-state index contributed by atoms with van der Waals surface area (Å²) in [4.78, 5) is 11.2. The van der Waals surface area contributed by atoms with E-state index in [9.17, 15) is 4.79 Å². The molecule has 4 nitrogen and oxygen atoms in total. The second-order valence-electron chi connectivity index (χ2n) is 3.71. The monoisotopic (exact) mass is 214 g/mol. The van der Waals surface area contributed by atoms with Gasteiger partial charge in [-0.25, -0.2) is 4.79 Å². The first-order chi connectivity index (χ1) is 7.08. The summed E-state index contributed by atoms with van der Waals surface area (Å²) >= 11 is 0. The van der Waals surface area contributed by atoms with Crippen molar-refractivity contribution in [2.75, 3.05) is 13.2 Å². The average molecular weight is 214 g/mol. The Balaban J connectivity index is 2.66. The van der Waals surface area contributed by atoms with Gasteiger partial charge >= 0.3 is 5.97 Å². The van der Waals surface area contributed by atoms with Gasteiger partial charge in [-0.3, -0.25) is 0 Å². The Morgan fingerprint density at radius 3 is 2.87 bits per heavy atom. The molecule has 15 heavy (non-hydrogen) atoms. The van der Waals surface area contributed by atoms with Gasteiger partial charge in [0.2, 0.25) is 5.79 Å². The fourth-order valence-corrected chi connectivity index (χ4v) is 1.36. The maximum absolute atomic E-state index is 11.2. The van der Waals surface area contributed by atoms with Crippen LogP contribution in [0.25, 0.3) is 0 Å². The van der Waals surface area contributed by atoms with Crippen molar-refractivity contribution in [3.63, 3.8) is 0 Å². The van der Waals surface area contributed by atoms with Gasteiger partial charge in [0.1, 0.15) is 6.10 Å². The second kappa shape index (κ2) is 5.28. The van der Waals surface area contributed by atoms with Crippen LogP contribution in [0.1, 0.15) is 26.7 Å². The fourth-order valence-electron chi connectivity index (χ4n) is 1.36. The molecule has 0 aromatic heterocycles. The summed E-state index contributed by atoms with van der Waals surface area (Å²) in [7, 11) is 0. The maximum Gasteiger partial charge on any atom is 0.332 e. The van der Waals surface area contributed by atoms with E-state index in [0.29, 0.717) is 13.2 Å². The number of rotatable bonds is 2. The zero-order valence-electron chi connectivity index (χ0n) is 9.32. The zero-order chi connectivity index (χ0) is 11.3. The minimum Gasteiger partial charge on any atom is -0.427 e. The summed E-state index contributed by atoms with van der Waals surface area (Å²) in [5.74, 6) is -1.50. The van der Waals surface area contributed by atoms with Gasteiger partial charge in [-0.05, 0) is 19.8 Å². The molecule has 0 bridgehead atoms. The molecule has 86 valence electrons. The molecule has 0 N–H and O–H groups in total. The summed E-state index contributed by atoms with van der Waals surface area (Å²) in [6, 6.07) is 0. The van der Waals surface area contributed by atoms with E-state index in [1.54, 1.807) is 6.92 Å². The molecule has 1 rings (SSSR count). The van der Waals surface area contributed by atoms with E-state index in [1.165, 1.54) is 0 Å². The van der Waals surface area contributed by atoms with Crippen molar-refractivity contribution in [1.29, 1.82) is 0 Å². The Morgan fingerprint density at radius 1 is 1.53 bits per heavy atom. The third-order valence-electron chi connectivity index (χ3n) is 2.50. The highest BCUT2D eigenvalue weighted by Gasteiger charge is 2.37. The third kappa shape index (κ3) is 3.32. The maximum atomic E-state index is 11.2. The van der Waals surface area contributed by atoms with Crippen LogP contribution in [0, 0.1) is 0 Å². The van der Waals surface area contributed by atoms with E-state index in [4.69, 9.17) is 14.2 Å². The van der Waals surface area contributed by atoms with Crippen molar-refractivity contribution in [2.45, 2.75) is 38.6 Å². The number of esters is 1. The topological polar surface area (TPSA) is 44.8 Å². The quantitative estimate of drug-likeness (QED) is 0.518. The highest BCUT2D eigenvalue weighted by molar-refractivity contribution is 5.81. The molecule has 0 amide bonds. The van der Waals surface area contributed by atoms with Crippen LogP contribution in [-0.2, 0) is 19.0 Å². The number of ether oxygens (including phenoxy) is 3. The van der Waals surface area contributed by atoms with Crippen LogP contribution >= 0.6 is 0 Å². The van der Waals surface area contributed by atoms with Crippen LogP contribution in [0.2, 0.25) is 0 Å². The first kappa shape index (κ1) is 12.2. The van der Waals surface area contributed by atoms with Crippen LogP contribution in [-0.4, -0.2) is 31.1 Å². The smallest absolute Gasteiger partial charge is 0.332 e. The molecule has 0 aliphatic carbocycles. The molecule has 1 aliphatic rings. The Kier molecular flexibility index (Phi) is 4.29. The molecule has 0 saturated carbocycles. The lowest BCUT2D eigenvalue weighted by Gasteiger charge is -2.35. The SMILES string of the molecule is C=CC(=O)OC1(C)OCCCCOC1C. The van der Waals surface area contributed by atoms with E-state index in [2.05, 4.69) is 6.58 Å². The highest BCUT2D eigenvalue weighted by Crippen LogP contribution is 2.23. The van der Waals surface area contributed by atoms with Gasteiger partial charge in [-0.2, -0.15) is 0 Å². The molecule has 1 saturated heterocycles. The standard InChI is InChI=1S/C11H18O4/c1-4-10(12)15-11(3)9(2)13-7-5-6-8-14-11/h4,9H,1,5-8H2,2-3H3. The van der Waals surface area contributed by atoms with Gasteiger partial charge in [0.25, 0.3) is 0 Å². The summed E-state index contributed by atoms with van der Waals surface area (Å²) in [5, 5.41) is 0. The van der Waals surface area contributed by atoms with Crippen molar-refractivity contribution >= 4 is 5.97 Å². The molecule has 1 aliphatic heterocycles. The lowest BCUT2D eigenvalue weighted by atomic mass is 10.1. The molecule has 1 heterocycles. The summed E-state index contributed by atoms with van der Waals surface area (Å²) in [5.41, 5.74) is 0. The lowest BCUT2D eigenvalue weighted by Crippen LogP contribution is -2.47. The Morgan fingerprint density at radius 2 is 2.20 bits per heavy atom. The molecule has 2 atom stereocenters. The highest BCUT2D eigenvalue weighted by atomic mass is 16.7. The predicted molar refractivity (Wildman–Crippen MR) is 55.3 cm³/mol. The van der Waals surface area contributed by atoms with Gasteiger partial charge in [0.05, 0.1) is 6.61 Å². The first-order valence-corrected chi connectivity index (χ1v) is 5.19. The van der Waals surface area contributed by atoms with Crippen LogP contribution in [0.5, 0.6) is 0 Å². The molecular formula is C11H18O4. The minimum absolute atomic E-state index is 0.276. The van der Waals surface area contributed by atoms with Gasteiger partial charge in [-0.1, -0.05) is 6.58 Å². The summed E-state index contributed by atoms with van der Waals surface area (Å²) < 4.78 is 16.2. The molecule has 0 spiro atoms. The molecule has 4 heteroatoms. The van der Waals surface area contributed by atoms with Crippen molar-refractivity contribution in [1.82, 2.24) is 0 Å². The molecule has 0 aromatic carbocycles. The molecule has 0 radical (unpaired) electrons. The van der Waals surface area contributed by atoms with Crippen LogP contribution in [0.3, 0.4) is 0 Å². The Labute approximate surface area is 90.2 Å². The van der Waals surface area contributed by atoms with Gasteiger partial charge in [0.15, 0.2) is 0 Å². The average Bonchev–Trinajstić information content (AvgIpc) is 2.20. The van der Waals surface area contributed by atoms with Crippen LogP contribution in [0.15, 0.2) is 12.7 Å². The summed E-state index contributed by atoms with van der Waals surface area (Å²) in [6.45, 7) is 8.15. The van der Waals surface area contributed by atoms with E-state index >= 15 is 0 Å². The number of carbonyl (C=O) groups is 1. The Bertz CT molecular complexity index is 239. The minimum atomic E-state index is -1.01. The Hall–Kier alpha value is -0.870. The van der Waals surface area contributed by atoms with E-state index in [0.717, 1.165) is 18.9 Å². The van der Waals surface area contributed by atoms with E-state index in [1.807, 2.05) is 6.92 Å². The third-order valence-corrected chi connectivity index (χ3v) is 2.50. The summed E-state index contributed by atoms with van der Waals surface area (Å²) in [6.07, 6.45) is 2.73. The largest absolute Gasteiger partial charge is 0.427 e. The van der Waals surface area contributed by atoms with Crippen molar-refractivity contribution in [3.8, 4) is 0 Å². The zero-order valence-corrected chi connectivity index (χ0v) is 9.32. The molecule has 1 fully saturated rings. The van der Waals surface area contributed by atoms with Crippen LogP contribution in [0.4, 0.5) is 0 Å². The van der Waals surface area contributed by atoms with Gasteiger partial charge in [0, 0.05) is 19.6 Å². The number of hydrogen-bond donors (Lipinski definition) is 0. The van der Waals surface area contributed by atoms with E-state index < -0.39 is 11.8 Å². The fraction of sp³-hybridized carbons (Fsp3) is 0.727. The second-order valence-corrected chi connectivity index (χ2v) is 3.71. The predicted octanol–water partition coefficient (Wildman–Crippen LogP) is 1.65. The first-order valence-electron chi connectivity index (χ1n) is 5.19. The van der Waals surface area contributed by atoms with Crippen LogP contribution < -0.4 is 0 Å². The van der Waals surface area contributed by atoms with Gasteiger partial charge in [-0.15, -0.1) is 0 Å². The molecule has 0 aromatic rings. The normalized spacial score (nSPS) is 32.5. The van der Waals surface area contributed by atoms with Crippen molar-refractivity contribution in [3.05, 3.63) is 12.7 Å². The number of hydrogen-bond acceptors (Lipinski definition) is 4. The van der Waals surface area contributed by atoms with E-state index in [-0.39, 0.29) is 6.10 Å².